The van der Waals surface area contributed by atoms with Gasteiger partial charge >= 0.3 is 0 Å². The third-order valence-corrected chi connectivity index (χ3v) is 2.60. The Labute approximate surface area is 75.5 Å². The Balaban J connectivity index is 2.26. The summed E-state index contributed by atoms with van der Waals surface area (Å²) in [7, 11) is 4.25. The van der Waals surface area contributed by atoms with E-state index in [1.54, 1.807) is 0 Å². The van der Waals surface area contributed by atoms with Crippen molar-refractivity contribution in [1.29, 1.82) is 0 Å². The van der Waals surface area contributed by atoms with E-state index in [0.29, 0.717) is 0 Å². The van der Waals surface area contributed by atoms with E-state index in [9.17, 15) is 0 Å². The van der Waals surface area contributed by atoms with E-state index in [2.05, 4.69) is 22.6 Å². The van der Waals surface area contributed by atoms with E-state index in [0.717, 1.165) is 19.1 Å². The van der Waals surface area contributed by atoms with Crippen LogP contribution >= 0.6 is 0 Å². The summed E-state index contributed by atoms with van der Waals surface area (Å²) in [5.41, 5.74) is 0. The van der Waals surface area contributed by atoms with Gasteiger partial charge in [-0.15, -0.1) is 0 Å². The maximum Gasteiger partial charge on any atom is 0.0229 e. The quantitative estimate of drug-likeness (QED) is 0.620. The average Bonchev–Trinajstić information content (AvgIpc) is 2.27. The lowest BCUT2D eigenvalue weighted by Crippen LogP contribution is -2.38. The first-order valence-corrected chi connectivity index (χ1v) is 4.90. The fourth-order valence-electron chi connectivity index (χ4n) is 1.69. The highest BCUT2D eigenvalue weighted by molar-refractivity contribution is 4.75. The zero-order chi connectivity index (χ0) is 8.81. The first-order chi connectivity index (χ1) is 5.84. The molecular formula is C9H21N3. The van der Waals surface area contributed by atoms with Gasteiger partial charge in [0, 0.05) is 12.6 Å². The Bertz CT molecular complexity index is 116. The second-order valence-electron chi connectivity index (χ2n) is 3.58. The SMILES string of the molecule is CNCCC1CNCCCN1C. The summed E-state index contributed by atoms with van der Waals surface area (Å²) in [5.74, 6) is 0. The minimum absolute atomic E-state index is 0.722. The largest absolute Gasteiger partial charge is 0.320 e. The van der Waals surface area contributed by atoms with Crippen LogP contribution in [0.2, 0.25) is 0 Å². The molecule has 0 aliphatic carbocycles. The molecule has 2 N–H and O–H groups in total. The van der Waals surface area contributed by atoms with Crippen LogP contribution in [-0.4, -0.2) is 51.2 Å². The van der Waals surface area contributed by atoms with Crippen molar-refractivity contribution in [3.05, 3.63) is 0 Å². The van der Waals surface area contributed by atoms with E-state index < -0.39 is 0 Å². The minimum Gasteiger partial charge on any atom is -0.320 e. The molecule has 1 rings (SSSR count). The lowest BCUT2D eigenvalue weighted by atomic mass is 10.2. The summed E-state index contributed by atoms with van der Waals surface area (Å²) in [6, 6.07) is 0.722. The van der Waals surface area contributed by atoms with Crippen molar-refractivity contribution >= 4 is 0 Å². The Hall–Kier alpha value is -0.120. The van der Waals surface area contributed by atoms with Crippen LogP contribution in [0.5, 0.6) is 0 Å². The van der Waals surface area contributed by atoms with Gasteiger partial charge in [0.25, 0.3) is 0 Å². The molecular weight excluding hydrogens is 150 g/mol. The monoisotopic (exact) mass is 171 g/mol. The van der Waals surface area contributed by atoms with Gasteiger partial charge in [0.2, 0.25) is 0 Å². The topological polar surface area (TPSA) is 27.3 Å². The highest BCUT2D eigenvalue weighted by Gasteiger charge is 2.15. The van der Waals surface area contributed by atoms with Crippen LogP contribution in [0.4, 0.5) is 0 Å². The molecule has 1 aliphatic heterocycles. The van der Waals surface area contributed by atoms with Crippen molar-refractivity contribution in [3.63, 3.8) is 0 Å². The van der Waals surface area contributed by atoms with Crippen LogP contribution in [0.25, 0.3) is 0 Å². The molecule has 0 spiro atoms. The molecule has 0 aromatic rings. The van der Waals surface area contributed by atoms with Crippen molar-refractivity contribution < 1.29 is 0 Å². The van der Waals surface area contributed by atoms with Gasteiger partial charge in [-0.05, 0) is 46.6 Å². The van der Waals surface area contributed by atoms with Gasteiger partial charge < -0.3 is 15.5 Å². The molecule has 1 fully saturated rings. The maximum absolute atomic E-state index is 3.47. The first-order valence-electron chi connectivity index (χ1n) is 4.90. The minimum atomic E-state index is 0.722. The van der Waals surface area contributed by atoms with Gasteiger partial charge in [-0.3, -0.25) is 0 Å². The zero-order valence-corrected chi connectivity index (χ0v) is 8.27. The molecule has 0 aromatic carbocycles. The van der Waals surface area contributed by atoms with Crippen LogP contribution in [0.3, 0.4) is 0 Å². The van der Waals surface area contributed by atoms with E-state index in [1.165, 1.54) is 25.9 Å². The van der Waals surface area contributed by atoms with Gasteiger partial charge in [0.15, 0.2) is 0 Å². The van der Waals surface area contributed by atoms with Crippen LogP contribution in [0.15, 0.2) is 0 Å². The molecule has 0 aromatic heterocycles. The second-order valence-corrected chi connectivity index (χ2v) is 3.58. The Morgan fingerprint density at radius 1 is 1.58 bits per heavy atom. The van der Waals surface area contributed by atoms with Crippen molar-refractivity contribution in [2.24, 2.45) is 0 Å². The summed E-state index contributed by atoms with van der Waals surface area (Å²) < 4.78 is 0. The molecule has 1 unspecified atom stereocenters. The number of rotatable bonds is 3. The lowest BCUT2D eigenvalue weighted by molar-refractivity contribution is 0.245. The van der Waals surface area contributed by atoms with E-state index in [-0.39, 0.29) is 0 Å². The van der Waals surface area contributed by atoms with E-state index in [1.807, 2.05) is 7.05 Å². The molecule has 1 heterocycles. The van der Waals surface area contributed by atoms with E-state index >= 15 is 0 Å². The molecule has 1 atom stereocenters. The predicted molar refractivity (Wildman–Crippen MR) is 52.4 cm³/mol. The van der Waals surface area contributed by atoms with Crippen LogP contribution in [-0.2, 0) is 0 Å². The summed E-state index contributed by atoms with van der Waals surface area (Å²) in [6.45, 7) is 4.69. The fraction of sp³-hybridized carbons (Fsp3) is 1.00. The summed E-state index contributed by atoms with van der Waals surface area (Å²) in [6.07, 6.45) is 2.53. The average molecular weight is 171 g/mol. The lowest BCUT2D eigenvalue weighted by Gasteiger charge is -2.25. The summed E-state index contributed by atoms with van der Waals surface area (Å²) in [5, 5.41) is 6.67. The van der Waals surface area contributed by atoms with Gasteiger partial charge in [-0.25, -0.2) is 0 Å². The summed E-state index contributed by atoms with van der Waals surface area (Å²) >= 11 is 0. The van der Waals surface area contributed by atoms with Crippen molar-refractivity contribution in [1.82, 2.24) is 15.5 Å². The normalized spacial score (nSPS) is 27.0. The number of hydrogen-bond acceptors (Lipinski definition) is 3. The smallest absolute Gasteiger partial charge is 0.0229 e. The van der Waals surface area contributed by atoms with Gasteiger partial charge in [0.1, 0.15) is 0 Å². The van der Waals surface area contributed by atoms with Crippen molar-refractivity contribution in [3.8, 4) is 0 Å². The van der Waals surface area contributed by atoms with E-state index in [4.69, 9.17) is 0 Å². The molecule has 12 heavy (non-hydrogen) atoms. The maximum atomic E-state index is 3.47. The predicted octanol–water partition coefficient (Wildman–Crippen LogP) is -0.110. The molecule has 1 aliphatic rings. The second kappa shape index (κ2) is 5.51. The van der Waals surface area contributed by atoms with Gasteiger partial charge in [-0.2, -0.15) is 0 Å². The number of likely N-dealkylation sites (N-methyl/N-ethyl adjacent to an activating group) is 1. The van der Waals surface area contributed by atoms with Gasteiger partial charge in [-0.1, -0.05) is 0 Å². The van der Waals surface area contributed by atoms with Crippen LogP contribution in [0, 0.1) is 0 Å². The molecule has 1 saturated heterocycles. The standard InChI is InChI=1S/C9H21N3/c1-10-6-4-9-8-11-5-3-7-12(9)2/h9-11H,3-8H2,1-2H3. The zero-order valence-electron chi connectivity index (χ0n) is 8.27. The van der Waals surface area contributed by atoms with Crippen molar-refractivity contribution in [2.75, 3.05) is 40.3 Å². The fourth-order valence-corrected chi connectivity index (χ4v) is 1.69. The Kier molecular flexibility index (Phi) is 4.58. The Morgan fingerprint density at radius 2 is 2.42 bits per heavy atom. The highest BCUT2D eigenvalue weighted by Crippen LogP contribution is 2.04. The van der Waals surface area contributed by atoms with Crippen LogP contribution in [0.1, 0.15) is 12.8 Å². The van der Waals surface area contributed by atoms with Gasteiger partial charge in [0.05, 0.1) is 0 Å². The van der Waals surface area contributed by atoms with Crippen molar-refractivity contribution in [2.45, 2.75) is 18.9 Å². The third-order valence-electron chi connectivity index (χ3n) is 2.60. The third kappa shape index (κ3) is 3.09. The number of nitrogens with one attached hydrogen (secondary N) is 2. The molecule has 0 amide bonds. The van der Waals surface area contributed by atoms with Crippen LogP contribution < -0.4 is 10.6 Å². The number of hydrogen-bond donors (Lipinski definition) is 2. The molecule has 72 valence electrons. The molecule has 0 radical (unpaired) electrons. The Morgan fingerprint density at radius 3 is 3.17 bits per heavy atom. The number of nitrogens with zero attached hydrogens (tertiary/aromatic N) is 1. The summed E-state index contributed by atoms with van der Waals surface area (Å²) in [4.78, 5) is 2.47. The molecule has 3 heteroatoms. The molecule has 0 bridgehead atoms. The molecule has 0 saturated carbocycles. The molecule has 3 nitrogen and oxygen atoms in total. The highest BCUT2D eigenvalue weighted by atomic mass is 15.2. The first kappa shape index (κ1) is 9.96.